The number of halogens is 1. The van der Waals surface area contributed by atoms with E-state index in [0.717, 1.165) is 69.7 Å². The van der Waals surface area contributed by atoms with Crippen molar-refractivity contribution in [3.63, 3.8) is 0 Å². The predicted octanol–water partition coefficient (Wildman–Crippen LogP) is 4.88. The van der Waals surface area contributed by atoms with E-state index >= 15 is 0 Å². The average molecular weight is 547 g/mol. The molecule has 3 aromatic rings. The van der Waals surface area contributed by atoms with Crippen LogP contribution in [0.3, 0.4) is 0 Å². The molecule has 0 radical (unpaired) electrons. The van der Waals surface area contributed by atoms with Crippen molar-refractivity contribution >= 4 is 40.6 Å². The number of hydrogen-bond acceptors (Lipinski definition) is 6. The smallest absolute Gasteiger partial charge is 0.255 e. The average Bonchev–Trinajstić information content (AvgIpc) is 2.95. The van der Waals surface area contributed by atoms with Gasteiger partial charge in [-0.2, -0.15) is 0 Å². The zero-order valence-electron chi connectivity index (χ0n) is 22.0. The number of likely N-dealkylation sites (tertiary alicyclic amines) is 2. The first kappa shape index (κ1) is 27.0. The molecule has 2 aromatic carbocycles. The quantitative estimate of drug-likeness (QED) is 0.390. The number of nitrogens with two attached hydrogens (primary N) is 1. The summed E-state index contributed by atoms with van der Waals surface area (Å²) < 4.78 is 0. The second kappa shape index (κ2) is 12.5. The lowest BCUT2D eigenvalue weighted by molar-refractivity contribution is -0.138. The van der Waals surface area contributed by atoms with Crippen LogP contribution in [0.1, 0.15) is 41.6 Å². The van der Waals surface area contributed by atoms with Crippen LogP contribution >= 0.6 is 11.6 Å². The lowest BCUT2D eigenvalue weighted by Gasteiger charge is -2.37. The van der Waals surface area contributed by atoms with E-state index in [-0.39, 0.29) is 23.8 Å². The van der Waals surface area contributed by atoms with Crippen LogP contribution in [0.2, 0.25) is 5.02 Å². The number of nitrogens with zero attached hydrogens (tertiary/aromatic N) is 3. The van der Waals surface area contributed by atoms with Crippen LogP contribution in [0, 0.1) is 5.92 Å². The van der Waals surface area contributed by atoms with Gasteiger partial charge in [-0.15, -0.1) is 0 Å². The summed E-state index contributed by atoms with van der Waals surface area (Å²) in [6.45, 7) is 4.11. The minimum Gasteiger partial charge on any atom is -0.384 e. The molecule has 39 heavy (non-hydrogen) atoms. The highest BCUT2D eigenvalue weighted by molar-refractivity contribution is 6.31. The van der Waals surface area contributed by atoms with Gasteiger partial charge in [-0.05, 0) is 86.8 Å². The molecule has 2 saturated heterocycles. The summed E-state index contributed by atoms with van der Waals surface area (Å²) in [4.78, 5) is 34.5. The van der Waals surface area contributed by atoms with Gasteiger partial charge in [0.1, 0.15) is 5.82 Å². The number of rotatable bonds is 7. The molecule has 0 saturated carbocycles. The van der Waals surface area contributed by atoms with Crippen LogP contribution in [-0.2, 0) is 11.3 Å². The van der Waals surface area contributed by atoms with Gasteiger partial charge in [-0.3, -0.25) is 14.5 Å². The minimum atomic E-state index is -0.183. The Bertz CT molecular complexity index is 1290. The number of amides is 2. The maximum absolute atomic E-state index is 13.3. The first-order valence-corrected chi connectivity index (χ1v) is 14.0. The highest BCUT2D eigenvalue weighted by Crippen LogP contribution is 2.29. The second-order valence-electron chi connectivity index (χ2n) is 10.4. The Hall–Kier alpha value is -3.62. The molecule has 2 aliphatic heterocycles. The standard InChI is InChI=1S/C30H35ClN6O2/c31-24-6-7-26(27(19-24)35-29(38)22-4-2-1-3-5-22)34-25-11-16-37(17-12-25)30(39)23-9-14-36(15-10-23)20-21-8-13-33-28(32)18-21/h1-8,13,18-19,23,25,34H,9-12,14-17,20H2,(H2,32,33)(H,35,38). The van der Waals surface area contributed by atoms with Crippen molar-refractivity contribution < 1.29 is 9.59 Å². The predicted molar refractivity (Wildman–Crippen MR) is 156 cm³/mol. The molecular weight excluding hydrogens is 512 g/mol. The van der Waals surface area contributed by atoms with Gasteiger partial charge in [0.05, 0.1) is 11.4 Å². The Balaban J connectivity index is 1.11. The fraction of sp³-hybridized carbons (Fsp3) is 0.367. The van der Waals surface area contributed by atoms with E-state index in [4.69, 9.17) is 17.3 Å². The van der Waals surface area contributed by atoms with E-state index in [1.54, 1.807) is 24.4 Å². The number of hydrogen-bond donors (Lipinski definition) is 3. The SMILES string of the molecule is Nc1cc(CN2CCC(C(=O)N3CCC(Nc4ccc(Cl)cc4NC(=O)c4ccccc4)CC3)CC2)ccn1. The first-order valence-electron chi connectivity index (χ1n) is 13.6. The molecule has 204 valence electrons. The van der Waals surface area contributed by atoms with Gasteiger partial charge < -0.3 is 21.3 Å². The van der Waals surface area contributed by atoms with Gasteiger partial charge in [-0.1, -0.05) is 29.8 Å². The van der Waals surface area contributed by atoms with Crippen molar-refractivity contribution in [3.05, 3.63) is 83.0 Å². The molecule has 2 amide bonds. The zero-order valence-corrected chi connectivity index (χ0v) is 22.7. The molecule has 8 nitrogen and oxygen atoms in total. The Labute approximate surface area is 234 Å². The van der Waals surface area contributed by atoms with Crippen molar-refractivity contribution in [2.75, 3.05) is 42.5 Å². The maximum atomic E-state index is 13.3. The molecule has 2 aliphatic rings. The van der Waals surface area contributed by atoms with E-state index in [1.165, 1.54) is 0 Å². The summed E-state index contributed by atoms with van der Waals surface area (Å²) in [5, 5.41) is 7.11. The summed E-state index contributed by atoms with van der Waals surface area (Å²) in [5.74, 6) is 0.727. The molecular formula is C30H35ClN6O2. The third-order valence-corrected chi connectivity index (χ3v) is 7.86. The van der Waals surface area contributed by atoms with E-state index in [1.807, 2.05) is 47.4 Å². The summed E-state index contributed by atoms with van der Waals surface area (Å²) in [6, 6.07) is 18.7. The number of aromatic nitrogens is 1. The summed E-state index contributed by atoms with van der Waals surface area (Å²) in [6.07, 6.45) is 5.21. The third kappa shape index (κ3) is 7.07. The highest BCUT2D eigenvalue weighted by atomic mass is 35.5. The number of piperidine rings is 2. The Morgan fingerprint density at radius 2 is 1.67 bits per heavy atom. The number of anilines is 3. The lowest BCUT2D eigenvalue weighted by atomic mass is 9.93. The number of pyridine rings is 1. The fourth-order valence-electron chi connectivity index (χ4n) is 5.44. The fourth-order valence-corrected chi connectivity index (χ4v) is 5.61. The molecule has 5 rings (SSSR count). The summed E-state index contributed by atoms with van der Waals surface area (Å²) in [5.41, 5.74) is 9.03. The van der Waals surface area contributed by atoms with Crippen LogP contribution < -0.4 is 16.4 Å². The van der Waals surface area contributed by atoms with Gasteiger partial charge in [-0.25, -0.2) is 4.98 Å². The van der Waals surface area contributed by atoms with E-state index in [9.17, 15) is 9.59 Å². The topological polar surface area (TPSA) is 104 Å². The molecule has 2 fully saturated rings. The maximum Gasteiger partial charge on any atom is 0.255 e. The summed E-state index contributed by atoms with van der Waals surface area (Å²) >= 11 is 6.24. The molecule has 0 bridgehead atoms. The Kier molecular flexibility index (Phi) is 8.64. The van der Waals surface area contributed by atoms with Crippen molar-refractivity contribution in [2.45, 2.75) is 38.3 Å². The second-order valence-corrected chi connectivity index (χ2v) is 10.8. The number of carbonyl (C=O) groups is 2. The number of nitrogen functional groups attached to an aromatic ring is 1. The largest absolute Gasteiger partial charge is 0.384 e. The van der Waals surface area contributed by atoms with E-state index < -0.39 is 0 Å². The molecule has 4 N–H and O–H groups in total. The van der Waals surface area contributed by atoms with Crippen LogP contribution in [0.5, 0.6) is 0 Å². The van der Waals surface area contributed by atoms with E-state index in [2.05, 4.69) is 20.5 Å². The normalized spacial score (nSPS) is 17.1. The summed E-state index contributed by atoms with van der Waals surface area (Å²) in [7, 11) is 0. The molecule has 0 unspecified atom stereocenters. The van der Waals surface area contributed by atoms with Crippen LogP contribution in [0.4, 0.5) is 17.2 Å². The lowest BCUT2D eigenvalue weighted by Crippen LogP contribution is -2.47. The number of carbonyl (C=O) groups excluding carboxylic acids is 2. The van der Waals surface area contributed by atoms with Gasteiger partial charge in [0.15, 0.2) is 0 Å². The molecule has 3 heterocycles. The van der Waals surface area contributed by atoms with Crippen LogP contribution in [-0.4, -0.2) is 58.8 Å². The van der Waals surface area contributed by atoms with Crippen molar-refractivity contribution in [1.29, 1.82) is 0 Å². The van der Waals surface area contributed by atoms with Crippen molar-refractivity contribution in [3.8, 4) is 0 Å². The monoisotopic (exact) mass is 546 g/mol. The zero-order chi connectivity index (χ0) is 27.2. The van der Waals surface area contributed by atoms with Crippen LogP contribution in [0.15, 0.2) is 66.9 Å². The Morgan fingerprint density at radius 1 is 0.923 bits per heavy atom. The molecule has 0 atom stereocenters. The van der Waals surface area contributed by atoms with E-state index in [0.29, 0.717) is 22.1 Å². The van der Waals surface area contributed by atoms with Gasteiger partial charge in [0.25, 0.3) is 5.91 Å². The van der Waals surface area contributed by atoms with Crippen molar-refractivity contribution in [2.24, 2.45) is 5.92 Å². The first-order chi connectivity index (χ1) is 18.9. The van der Waals surface area contributed by atoms with Gasteiger partial charge >= 0.3 is 0 Å². The van der Waals surface area contributed by atoms with Gasteiger partial charge in [0, 0.05) is 48.4 Å². The molecule has 1 aromatic heterocycles. The Morgan fingerprint density at radius 3 is 2.38 bits per heavy atom. The minimum absolute atomic E-state index is 0.0873. The number of nitrogens with one attached hydrogen (secondary N) is 2. The number of benzene rings is 2. The molecule has 0 spiro atoms. The molecule has 0 aliphatic carbocycles. The van der Waals surface area contributed by atoms with Gasteiger partial charge in [0.2, 0.25) is 5.91 Å². The third-order valence-electron chi connectivity index (χ3n) is 7.62. The van der Waals surface area contributed by atoms with Crippen molar-refractivity contribution in [1.82, 2.24) is 14.8 Å². The highest BCUT2D eigenvalue weighted by Gasteiger charge is 2.31. The molecule has 9 heteroatoms. The van der Waals surface area contributed by atoms with Crippen LogP contribution in [0.25, 0.3) is 0 Å².